The Hall–Kier alpha value is -2.86. The third-order valence-corrected chi connectivity index (χ3v) is 5.46. The fourth-order valence-corrected chi connectivity index (χ4v) is 3.31. The van der Waals surface area contributed by atoms with Gasteiger partial charge in [-0.3, -0.25) is 4.79 Å². The van der Waals surface area contributed by atoms with Crippen molar-refractivity contribution in [3.8, 4) is 17.1 Å². The van der Waals surface area contributed by atoms with Gasteiger partial charge < -0.3 is 5.32 Å². The van der Waals surface area contributed by atoms with Crippen molar-refractivity contribution in [2.75, 3.05) is 5.32 Å². The average molecular weight is 458 g/mol. The van der Waals surface area contributed by atoms with Gasteiger partial charge in [-0.1, -0.05) is 76.8 Å². The molecule has 1 heterocycles. The Morgan fingerprint density at radius 2 is 1.63 bits per heavy atom. The number of hydrogen-bond acceptors (Lipinski definition) is 3. The first-order valence-electron chi connectivity index (χ1n) is 8.98. The van der Waals surface area contributed by atoms with Gasteiger partial charge in [0.2, 0.25) is 5.82 Å². The lowest BCUT2D eigenvalue weighted by Gasteiger charge is -2.07. The molecule has 0 spiro atoms. The minimum absolute atomic E-state index is 0.00318. The Labute approximate surface area is 188 Å². The number of para-hydroxylation sites is 1. The largest absolute Gasteiger partial charge is 0.318 e. The highest BCUT2D eigenvalue weighted by Crippen LogP contribution is 2.28. The number of aryl methyl sites for hydroxylation is 1. The van der Waals surface area contributed by atoms with Gasteiger partial charge >= 0.3 is 0 Å². The SMILES string of the molecule is Cc1ccc(-c2nc(C(=O)Nc3ccccc3Cl)nn2-c2ccc(Cl)c(Cl)c2)cc1. The Kier molecular flexibility index (Phi) is 5.77. The van der Waals surface area contributed by atoms with Crippen LogP contribution in [0.3, 0.4) is 0 Å². The molecular formula is C22H15Cl3N4O. The zero-order chi connectivity index (χ0) is 21.3. The molecule has 0 aliphatic heterocycles. The van der Waals surface area contributed by atoms with Crippen LogP contribution in [-0.4, -0.2) is 20.7 Å². The van der Waals surface area contributed by atoms with Crippen LogP contribution < -0.4 is 5.32 Å². The summed E-state index contributed by atoms with van der Waals surface area (Å²) in [6.07, 6.45) is 0. The van der Waals surface area contributed by atoms with Crippen LogP contribution in [0.4, 0.5) is 5.69 Å². The van der Waals surface area contributed by atoms with Crippen molar-refractivity contribution in [2.45, 2.75) is 6.92 Å². The third-order valence-electron chi connectivity index (χ3n) is 4.39. The number of nitrogens with one attached hydrogen (secondary N) is 1. The number of amides is 1. The molecule has 0 radical (unpaired) electrons. The monoisotopic (exact) mass is 456 g/mol. The molecule has 150 valence electrons. The average Bonchev–Trinajstić information content (AvgIpc) is 3.18. The molecule has 8 heteroatoms. The van der Waals surface area contributed by atoms with Gasteiger partial charge in [0.25, 0.3) is 5.91 Å². The summed E-state index contributed by atoms with van der Waals surface area (Å²) < 4.78 is 1.56. The van der Waals surface area contributed by atoms with Crippen molar-refractivity contribution in [3.05, 3.63) is 93.2 Å². The molecule has 0 bridgehead atoms. The molecule has 0 aliphatic carbocycles. The molecule has 4 aromatic rings. The molecule has 1 aromatic heterocycles. The van der Waals surface area contributed by atoms with Crippen LogP contribution in [-0.2, 0) is 0 Å². The lowest BCUT2D eigenvalue weighted by molar-refractivity contribution is 0.101. The quantitative estimate of drug-likeness (QED) is 0.383. The van der Waals surface area contributed by atoms with Crippen LogP contribution in [0.25, 0.3) is 17.1 Å². The van der Waals surface area contributed by atoms with Gasteiger partial charge in [-0.15, -0.1) is 5.10 Å². The first-order chi connectivity index (χ1) is 14.4. The number of halogens is 3. The smallest absolute Gasteiger partial charge is 0.295 e. The van der Waals surface area contributed by atoms with Crippen LogP contribution in [0.5, 0.6) is 0 Å². The topological polar surface area (TPSA) is 59.8 Å². The van der Waals surface area contributed by atoms with E-state index in [0.29, 0.717) is 32.3 Å². The van der Waals surface area contributed by atoms with Crippen molar-refractivity contribution in [1.82, 2.24) is 14.8 Å². The first-order valence-corrected chi connectivity index (χ1v) is 10.1. The maximum Gasteiger partial charge on any atom is 0.295 e. The van der Waals surface area contributed by atoms with E-state index in [0.717, 1.165) is 11.1 Å². The normalized spacial score (nSPS) is 10.8. The predicted molar refractivity (Wildman–Crippen MR) is 121 cm³/mol. The van der Waals surface area contributed by atoms with Crippen molar-refractivity contribution >= 4 is 46.4 Å². The number of carbonyl (C=O) groups is 1. The molecule has 1 N–H and O–H groups in total. The molecule has 0 aliphatic rings. The number of aromatic nitrogens is 3. The summed E-state index contributed by atoms with van der Waals surface area (Å²) in [6.45, 7) is 2.00. The first kappa shape index (κ1) is 20.4. The van der Waals surface area contributed by atoms with Gasteiger partial charge in [-0.2, -0.15) is 0 Å². The Bertz CT molecular complexity index is 1240. The molecule has 5 nitrogen and oxygen atoms in total. The van der Waals surface area contributed by atoms with Crippen molar-refractivity contribution in [3.63, 3.8) is 0 Å². The number of rotatable bonds is 4. The molecule has 0 saturated carbocycles. The molecule has 0 fully saturated rings. The van der Waals surface area contributed by atoms with E-state index in [4.69, 9.17) is 34.8 Å². The van der Waals surface area contributed by atoms with Gasteiger partial charge in [0.15, 0.2) is 5.82 Å². The summed E-state index contributed by atoms with van der Waals surface area (Å²) >= 11 is 18.4. The summed E-state index contributed by atoms with van der Waals surface area (Å²) in [5.41, 5.74) is 3.02. The van der Waals surface area contributed by atoms with Gasteiger partial charge in [-0.25, -0.2) is 9.67 Å². The van der Waals surface area contributed by atoms with Crippen molar-refractivity contribution < 1.29 is 4.79 Å². The van der Waals surface area contributed by atoms with E-state index in [1.165, 1.54) is 0 Å². The summed E-state index contributed by atoms with van der Waals surface area (Å²) in [7, 11) is 0. The highest BCUT2D eigenvalue weighted by Gasteiger charge is 2.20. The molecule has 0 saturated heterocycles. The van der Waals surface area contributed by atoms with E-state index in [-0.39, 0.29) is 5.82 Å². The van der Waals surface area contributed by atoms with Gasteiger partial charge in [0.05, 0.1) is 26.4 Å². The fourth-order valence-electron chi connectivity index (χ4n) is 2.84. The Morgan fingerprint density at radius 3 is 2.33 bits per heavy atom. The lowest BCUT2D eigenvalue weighted by Crippen LogP contribution is -2.14. The summed E-state index contributed by atoms with van der Waals surface area (Å²) in [5, 5.41) is 8.39. The van der Waals surface area contributed by atoms with E-state index in [9.17, 15) is 4.79 Å². The van der Waals surface area contributed by atoms with E-state index >= 15 is 0 Å². The van der Waals surface area contributed by atoms with E-state index in [2.05, 4.69) is 15.4 Å². The zero-order valence-electron chi connectivity index (χ0n) is 15.7. The molecule has 4 rings (SSSR count). The van der Waals surface area contributed by atoms with Crippen molar-refractivity contribution in [2.24, 2.45) is 0 Å². The number of anilines is 1. The van der Waals surface area contributed by atoms with Crippen molar-refractivity contribution in [1.29, 1.82) is 0 Å². The highest BCUT2D eigenvalue weighted by molar-refractivity contribution is 6.42. The van der Waals surface area contributed by atoms with Gasteiger partial charge in [-0.05, 0) is 37.3 Å². The van der Waals surface area contributed by atoms with Gasteiger partial charge in [0, 0.05) is 5.56 Å². The summed E-state index contributed by atoms with van der Waals surface area (Å²) in [6, 6.07) is 19.8. The highest BCUT2D eigenvalue weighted by atomic mass is 35.5. The van der Waals surface area contributed by atoms with Crippen LogP contribution in [0.2, 0.25) is 15.1 Å². The maximum absolute atomic E-state index is 12.8. The fraction of sp³-hybridized carbons (Fsp3) is 0.0455. The second-order valence-corrected chi connectivity index (χ2v) is 7.79. The number of nitrogens with zero attached hydrogens (tertiary/aromatic N) is 3. The predicted octanol–water partition coefficient (Wildman–Crippen LogP) is 6.46. The number of carbonyl (C=O) groups excluding carboxylic acids is 1. The number of benzene rings is 3. The maximum atomic E-state index is 12.8. The second-order valence-electron chi connectivity index (χ2n) is 6.57. The van der Waals surface area contributed by atoms with E-state index in [1.54, 1.807) is 47.1 Å². The molecule has 3 aromatic carbocycles. The molecule has 30 heavy (non-hydrogen) atoms. The lowest BCUT2D eigenvalue weighted by atomic mass is 10.1. The van der Waals surface area contributed by atoms with E-state index < -0.39 is 5.91 Å². The van der Waals surface area contributed by atoms with Crippen LogP contribution in [0.1, 0.15) is 16.2 Å². The Balaban J connectivity index is 1.79. The van der Waals surface area contributed by atoms with Gasteiger partial charge in [0.1, 0.15) is 0 Å². The minimum atomic E-state index is -0.477. The summed E-state index contributed by atoms with van der Waals surface area (Å²) in [4.78, 5) is 17.3. The minimum Gasteiger partial charge on any atom is -0.318 e. The van der Waals surface area contributed by atoms with Crippen LogP contribution in [0.15, 0.2) is 66.7 Å². The van der Waals surface area contributed by atoms with Crippen LogP contribution in [0, 0.1) is 6.92 Å². The second kappa shape index (κ2) is 8.48. The molecule has 0 unspecified atom stereocenters. The molecular weight excluding hydrogens is 443 g/mol. The number of hydrogen-bond donors (Lipinski definition) is 1. The molecule has 1 amide bonds. The standard InChI is InChI=1S/C22H15Cl3N4O/c1-13-6-8-14(9-7-13)21-27-20(22(30)26-19-5-3-2-4-17(19)24)28-29(21)15-10-11-16(23)18(25)12-15/h2-12H,1H3,(H,26,30). The molecule has 0 atom stereocenters. The summed E-state index contributed by atoms with van der Waals surface area (Å²) in [5.74, 6) is 0.0181. The zero-order valence-corrected chi connectivity index (χ0v) is 18.0. The van der Waals surface area contributed by atoms with Crippen LogP contribution >= 0.6 is 34.8 Å². The third kappa shape index (κ3) is 4.19. The Morgan fingerprint density at radius 1 is 0.900 bits per heavy atom. The van der Waals surface area contributed by atoms with E-state index in [1.807, 2.05) is 31.2 Å².